The minimum atomic E-state index is -1.81. The third-order valence-electron chi connectivity index (χ3n) is 4.42. The summed E-state index contributed by atoms with van der Waals surface area (Å²) in [6.07, 6.45) is 11.3. The summed E-state index contributed by atoms with van der Waals surface area (Å²) < 4.78 is 4.25. The molecule has 3 rings (SSSR count). The van der Waals surface area contributed by atoms with Gasteiger partial charge in [0.25, 0.3) is 0 Å². The van der Waals surface area contributed by atoms with Crippen LogP contribution in [0.2, 0.25) is 0 Å². The predicted molar refractivity (Wildman–Crippen MR) is 108 cm³/mol. The van der Waals surface area contributed by atoms with Gasteiger partial charge in [-0.3, -0.25) is 0 Å². The normalized spacial score (nSPS) is 14.7. The van der Waals surface area contributed by atoms with Crippen LogP contribution in [-0.4, -0.2) is 11.6 Å². The molecule has 0 bridgehead atoms. The van der Waals surface area contributed by atoms with Crippen LogP contribution < -0.4 is 7.91 Å². The number of benzene rings is 2. The standard InChI is InChI=1S/2C8H7O.C8H11.Pt/c2*1-7(9)8-5-3-2-4-6-8;1-2-4-6-8-7-5-3-1;/h2*3-6H,1H3;1-2,7H,3-6H2;. The molecule has 0 aromatic heterocycles. The van der Waals surface area contributed by atoms with E-state index in [0.717, 1.165) is 36.8 Å². The second-order valence-electron chi connectivity index (χ2n) is 6.49. The molecule has 143 valence electrons. The molecule has 2 aromatic rings. The number of rotatable bonds is 5. The molecule has 2 nitrogen and oxygen atoms in total. The fourth-order valence-electron chi connectivity index (χ4n) is 2.92. The molecule has 1 aliphatic carbocycles. The van der Waals surface area contributed by atoms with Gasteiger partial charge in [0, 0.05) is 0 Å². The van der Waals surface area contributed by atoms with E-state index in [2.05, 4.69) is 42.5 Å². The summed E-state index contributed by atoms with van der Waals surface area (Å²) in [7, 11) is 0. The Morgan fingerprint density at radius 2 is 1.19 bits per heavy atom. The van der Waals surface area contributed by atoms with E-state index in [9.17, 15) is 9.59 Å². The predicted octanol–water partition coefficient (Wildman–Crippen LogP) is 4.67. The molecular formula is C24H25O2Pt. The van der Waals surface area contributed by atoms with E-state index in [1.165, 1.54) is 7.91 Å². The van der Waals surface area contributed by atoms with Crippen molar-refractivity contribution < 1.29 is 26.9 Å². The van der Waals surface area contributed by atoms with Crippen molar-refractivity contribution in [2.75, 3.05) is 0 Å². The molecule has 0 radical (unpaired) electrons. The molecule has 0 amide bonds. The van der Waals surface area contributed by atoms with Crippen LogP contribution in [0.3, 0.4) is 0 Å². The van der Waals surface area contributed by atoms with Crippen LogP contribution in [0.15, 0.2) is 70.7 Å². The zero-order chi connectivity index (χ0) is 19.2. The van der Waals surface area contributed by atoms with E-state index in [0.29, 0.717) is 0 Å². The summed E-state index contributed by atoms with van der Waals surface area (Å²) in [5, 5.41) is 0. The molecule has 0 saturated heterocycles. The van der Waals surface area contributed by atoms with Gasteiger partial charge in [-0.25, -0.2) is 0 Å². The molecular weight excluding hydrogens is 515 g/mol. The Morgan fingerprint density at radius 3 is 1.67 bits per heavy atom. The number of ketones is 2. The first-order valence-electron chi connectivity index (χ1n) is 9.23. The van der Waals surface area contributed by atoms with Gasteiger partial charge < -0.3 is 0 Å². The van der Waals surface area contributed by atoms with E-state index < -0.39 is 17.3 Å². The Kier molecular flexibility index (Phi) is 6.74. The monoisotopic (exact) mass is 540 g/mol. The van der Waals surface area contributed by atoms with Gasteiger partial charge in [-0.1, -0.05) is 0 Å². The van der Waals surface area contributed by atoms with Gasteiger partial charge in [0.1, 0.15) is 0 Å². The van der Waals surface area contributed by atoms with Crippen molar-refractivity contribution in [3.63, 3.8) is 0 Å². The van der Waals surface area contributed by atoms with Gasteiger partial charge in [-0.05, 0) is 0 Å². The van der Waals surface area contributed by atoms with Crippen LogP contribution in [0.1, 0.15) is 60.2 Å². The second-order valence-corrected chi connectivity index (χ2v) is 12.3. The molecule has 1 aliphatic rings. The molecule has 2 aromatic carbocycles. The van der Waals surface area contributed by atoms with Crippen molar-refractivity contribution in [1.29, 1.82) is 0 Å². The van der Waals surface area contributed by atoms with Crippen molar-refractivity contribution in [3.05, 3.63) is 81.8 Å². The summed E-state index contributed by atoms with van der Waals surface area (Å²) in [6, 6.07) is 16.4. The maximum atomic E-state index is 11.6. The van der Waals surface area contributed by atoms with E-state index in [4.69, 9.17) is 0 Å². The van der Waals surface area contributed by atoms with Gasteiger partial charge in [-0.2, -0.15) is 0 Å². The summed E-state index contributed by atoms with van der Waals surface area (Å²) in [5.74, 6) is 0.200. The molecule has 0 saturated carbocycles. The third-order valence-corrected chi connectivity index (χ3v) is 11.0. The fraction of sp³-hybridized carbons (Fsp3) is 0.250. The first-order valence-corrected chi connectivity index (χ1v) is 12.6. The Balaban J connectivity index is 2.02. The van der Waals surface area contributed by atoms with Gasteiger partial charge >= 0.3 is 168 Å². The molecule has 0 unspecified atom stereocenters. The van der Waals surface area contributed by atoms with Crippen LogP contribution in [-0.2, 0) is 17.3 Å². The number of allylic oxidation sites excluding steroid dienone is 4. The van der Waals surface area contributed by atoms with Crippen LogP contribution in [0, 0.1) is 0 Å². The topological polar surface area (TPSA) is 34.1 Å². The Labute approximate surface area is 167 Å². The minimum absolute atomic E-state index is 0.100. The van der Waals surface area contributed by atoms with Gasteiger partial charge in [0.05, 0.1) is 0 Å². The van der Waals surface area contributed by atoms with Crippen LogP contribution in [0.25, 0.3) is 0 Å². The molecule has 0 spiro atoms. The summed E-state index contributed by atoms with van der Waals surface area (Å²) >= 11 is -1.81. The number of carbonyl (C=O) groups is 2. The maximum absolute atomic E-state index is 11.6. The van der Waals surface area contributed by atoms with Crippen molar-refractivity contribution >= 4 is 19.5 Å². The van der Waals surface area contributed by atoms with Crippen molar-refractivity contribution in [1.82, 2.24) is 0 Å². The van der Waals surface area contributed by atoms with E-state index in [-0.39, 0.29) is 11.6 Å². The fourth-order valence-corrected chi connectivity index (χ4v) is 9.32. The number of carbonyl (C=O) groups excluding carboxylic acids is 2. The average molecular weight is 541 g/mol. The van der Waals surface area contributed by atoms with Gasteiger partial charge in [0.15, 0.2) is 0 Å². The van der Waals surface area contributed by atoms with Crippen molar-refractivity contribution in [2.24, 2.45) is 0 Å². The average Bonchev–Trinajstić information content (AvgIpc) is 2.64. The zero-order valence-corrected chi connectivity index (χ0v) is 18.1. The summed E-state index contributed by atoms with van der Waals surface area (Å²) in [4.78, 5) is 23.3. The summed E-state index contributed by atoms with van der Waals surface area (Å²) in [6.45, 7) is 3.21. The number of hydrogen-bond acceptors (Lipinski definition) is 2. The van der Waals surface area contributed by atoms with Gasteiger partial charge in [-0.15, -0.1) is 0 Å². The first kappa shape index (κ1) is 19.7. The first-order chi connectivity index (χ1) is 13.1. The quantitative estimate of drug-likeness (QED) is 0.408. The van der Waals surface area contributed by atoms with Crippen molar-refractivity contribution in [3.8, 4) is 0 Å². The Hall–Kier alpha value is -2.05. The molecule has 3 heteroatoms. The molecule has 0 fully saturated rings. The Bertz CT molecular complexity index is 816. The Morgan fingerprint density at radius 1 is 0.704 bits per heavy atom. The van der Waals surface area contributed by atoms with Crippen LogP contribution in [0.4, 0.5) is 0 Å². The number of hydrogen-bond donors (Lipinski definition) is 0. The van der Waals surface area contributed by atoms with E-state index in [1.54, 1.807) is 17.8 Å². The zero-order valence-electron chi connectivity index (χ0n) is 15.8. The molecule has 0 atom stereocenters. The second kappa shape index (κ2) is 9.24. The molecule has 27 heavy (non-hydrogen) atoms. The molecule has 0 heterocycles. The van der Waals surface area contributed by atoms with Crippen LogP contribution in [0.5, 0.6) is 0 Å². The molecule has 0 aliphatic heterocycles. The summed E-state index contributed by atoms with van der Waals surface area (Å²) in [5.41, 5.74) is 1.52. The molecule has 0 N–H and O–H groups in total. The van der Waals surface area contributed by atoms with E-state index in [1.807, 2.05) is 24.3 Å². The van der Waals surface area contributed by atoms with Crippen molar-refractivity contribution in [2.45, 2.75) is 39.5 Å². The van der Waals surface area contributed by atoms with E-state index >= 15 is 0 Å². The third kappa shape index (κ3) is 5.02. The van der Waals surface area contributed by atoms with Gasteiger partial charge in [0.2, 0.25) is 0 Å². The van der Waals surface area contributed by atoms with Crippen LogP contribution >= 0.6 is 0 Å². The SMILES string of the molecule is CC(=O)c1cc[c]([Pt]([C]2=CCCC=CCC2)[c]2ccc(C(C)=O)cc2)cc1. The number of Topliss-reactive ketones (excluding diaryl/α,β-unsaturated/α-hetero) is 2.